The molecule has 0 heterocycles. The van der Waals surface area contributed by atoms with E-state index >= 15 is 0 Å². The van der Waals surface area contributed by atoms with E-state index < -0.39 is 0 Å². The van der Waals surface area contributed by atoms with Crippen molar-refractivity contribution in [2.75, 3.05) is 6.61 Å². The summed E-state index contributed by atoms with van der Waals surface area (Å²) in [4.78, 5) is 11.5. The van der Waals surface area contributed by atoms with Crippen LogP contribution in [0.15, 0.2) is 0 Å². The summed E-state index contributed by atoms with van der Waals surface area (Å²) in [5.41, 5.74) is 0.634. The van der Waals surface area contributed by atoms with Gasteiger partial charge in [-0.3, -0.25) is 4.79 Å². The van der Waals surface area contributed by atoms with Gasteiger partial charge in [-0.05, 0) is 30.1 Å². The normalized spacial score (nSPS) is 12.6. The van der Waals surface area contributed by atoms with Crippen molar-refractivity contribution >= 4 is 5.97 Å². The van der Waals surface area contributed by atoms with Gasteiger partial charge < -0.3 is 4.74 Å². The molecule has 0 aliphatic carbocycles. The van der Waals surface area contributed by atoms with Gasteiger partial charge >= 0.3 is 5.97 Å². The number of esters is 1. The van der Waals surface area contributed by atoms with Crippen LogP contribution in [-0.4, -0.2) is 12.6 Å². The molecular weight excluding hydrogens is 224 g/mol. The number of carbonyl (C=O) groups excluding carboxylic acids is 1. The molecule has 2 nitrogen and oxygen atoms in total. The zero-order valence-electron chi connectivity index (χ0n) is 13.3. The molecule has 0 fully saturated rings. The highest BCUT2D eigenvalue weighted by Crippen LogP contribution is 2.22. The van der Waals surface area contributed by atoms with Gasteiger partial charge in [0.2, 0.25) is 0 Å². The fraction of sp³-hybridized carbons (Fsp3) is 0.938. The van der Waals surface area contributed by atoms with E-state index in [0.29, 0.717) is 18.4 Å². The number of rotatable bonds is 7. The van der Waals surface area contributed by atoms with Crippen molar-refractivity contribution in [1.29, 1.82) is 0 Å². The van der Waals surface area contributed by atoms with Crippen LogP contribution < -0.4 is 0 Å². The Labute approximate surface area is 113 Å². The topological polar surface area (TPSA) is 26.3 Å². The SMILES string of the molecule is CC(C)(C)CCCCCOC(=O)CCC(C)(C)C. The average molecular weight is 256 g/mol. The molecule has 0 bridgehead atoms. The van der Waals surface area contributed by atoms with E-state index in [1.54, 1.807) is 0 Å². The van der Waals surface area contributed by atoms with E-state index in [2.05, 4.69) is 41.5 Å². The lowest BCUT2D eigenvalue weighted by atomic mass is 9.89. The third-order valence-corrected chi connectivity index (χ3v) is 2.91. The average Bonchev–Trinajstić information content (AvgIpc) is 2.17. The smallest absolute Gasteiger partial charge is 0.305 e. The predicted octanol–water partition coefficient (Wildman–Crippen LogP) is 4.96. The first-order valence-corrected chi connectivity index (χ1v) is 7.26. The van der Waals surface area contributed by atoms with Gasteiger partial charge in [0.1, 0.15) is 0 Å². The maximum Gasteiger partial charge on any atom is 0.305 e. The molecule has 0 amide bonds. The molecule has 108 valence electrons. The predicted molar refractivity (Wildman–Crippen MR) is 77.6 cm³/mol. The molecule has 0 rings (SSSR count). The Kier molecular flexibility index (Phi) is 7.58. The highest BCUT2D eigenvalue weighted by atomic mass is 16.5. The fourth-order valence-corrected chi connectivity index (χ4v) is 1.67. The van der Waals surface area contributed by atoms with Crippen LogP contribution >= 0.6 is 0 Å². The Balaban J connectivity index is 3.42. The van der Waals surface area contributed by atoms with Crippen molar-refractivity contribution in [3.8, 4) is 0 Å². The van der Waals surface area contributed by atoms with E-state index in [0.717, 1.165) is 19.3 Å². The molecule has 0 aliphatic heterocycles. The van der Waals surface area contributed by atoms with E-state index in [4.69, 9.17) is 4.74 Å². The first-order valence-electron chi connectivity index (χ1n) is 7.26. The summed E-state index contributed by atoms with van der Waals surface area (Å²) in [6.07, 6.45) is 6.07. The monoisotopic (exact) mass is 256 g/mol. The highest BCUT2D eigenvalue weighted by Gasteiger charge is 2.13. The Hall–Kier alpha value is -0.530. The maximum atomic E-state index is 11.5. The zero-order chi connectivity index (χ0) is 14.2. The van der Waals surface area contributed by atoms with Gasteiger partial charge in [-0.2, -0.15) is 0 Å². The van der Waals surface area contributed by atoms with Gasteiger partial charge in [0.25, 0.3) is 0 Å². The fourth-order valence-electron chi connectivity index (χ4n) is 1.67. The molecule has 2 heteroatoms. The molecule has 18 heavy (non-hydrogen) atoms. The molecule has 0 unspecified atom stereocenters. The molecule has 0 aromatic carbocycles. The lowest BCUT2D eigenvalue weighted by Crippen LogP contribution is -2.12. The molecule has 0 spiro atoms. The van der Waals surface area contributed by atoms with Gasteiger partial charge in [-0.25, -0.2) is 0 Å². The second-order valence-corrected chi connectivity index (χ2v) is 7.65. The second-order valence-electron chi connectivity index (χ2n) is 7.65. The van der Waals surface area contributed by atoms with Crippen LogP contribution in [0, 0.1) is 10.8 Å². The number of ether oxygens (including phenoxy) is 1. The lowest BCUT2D eigenvalue weighted by molar-refractivity contribution is -0.144. The van der Waals surface area contributed by atoms with Crippen molar-refractivity contribution in [2.24, 2.45) is 10.8 Å². The van der Waals surface area contributed by atoms with Gasteiger partial charge in [-0.1, -0.05) is 54.4 Å². The summed E-state index contributed by atoms with van der Waals surface area (Å²) in [5.74, 6) is -0.0410. The maximum absolute atomic E-state index is 11.5. The van der Waals surface area contributed by atoms with E-state index in [9.17, 15) is 4.79 Å². The molecule has 0 aromatic heterocycles. The molecule has 0 atom stereocenters. The summed E-state index contributed by atoms with van der Waals surface area (Å²) in [5, 5.41) is 0. The quantitative estimate of drug-likeness (QED) is 0.475. The summed E-state index contributed by atoms with van der Waals surface area (Å²) in [6, 6.07) is 0. The Bertz CT molecular complexity index is 230. The van der Waals surface area contributed by atoms with Crippen molar-refractivity contribution in [3.63, 3.8) is 0 Å². The summed E-state index contributed by atoms with van der Waals surface area (Å²) < 4.78 is 5.23. The summed E-state index contributed by atoms with van der Waals surface area (Å²) in [7, 11) is 0. The molecule has 0 saturated heterocycles. The largest absolute Gasteiger partial charge is 0.466 e. The summed E-state index contributed by atoms with van der Waals surface area (Å²) in [6.45, 7) is 13.8. The minimum absolute atomic E-state index is 0.0410. The van der Waals surface area contributed by atoms with Gasteiger partial charge in [-0.15, -0.1) is 0 Å². The summed E-state index contributed by atoms with van der Waals surface area (Å²) >= 11 is 0. The van der Waals surface area contributed by atoms with E-state index in [-0.39, 0.29) is 11.4 Å². The molecule has 0 aliphatic rings. The molecule has 0 N–H and O–H groups in total. The van der Waals surface area contributed by atoms with E-state index in [1.165, 1.54) is 12.8 Å². The lowest BCUT2D eigenvalue weighted by Gasteiger charge is -2.18. The van der Waals surface area contributed by atoms with Crippen molar-refractivity contribution < 1.29 is 9.53 Å². The van der Waals surface area contributed by atoms with Crippen LogP contribution in [0.5, 0.6) is 0 Å². The number of hydrogen-bond donors (Lipinski definition) is 0. The first-order chi connectivity index (χ1) is 8.10. The standard InChI is InChI=1S/C16H32O2/c1-15(2,3)11-8-7-9-13-18-14(17)10-12-16(4,5)6/h7-13H2,1-6H3. The van der Waals surface area contributed by atoms with Crippen LogP contribution in [0.4, 0.5) is 0 Å². The van der Waals surface area contributed by atoms with E-state index in [1.807, 2.05) is 0 Å². The van der Waals surface area contributed by atoms with Gasteiger partial charge in [0, 0.05) is 6.42 Å². The first kappa shape index (κ1) is 17.5. The number of hydrogen-bond acceptors (Lipinski definition) is 2. The van der Waals surface area contributed by atoms with Crippen molar-refractivity contribution in [3.05, 3.63) is 0 Å². The molecule has 0 radical (unpaired) electrons. The molecular formula is C16H32O2. The van der Waals surface area contributed by atoms with Crippen LogP contribution in [-0.2, 0) is 9.53 Å². The van der Waals surface area contributed by atoms with Gasteiger partial charge in [0.15, 0.2) is 0 Å². The minimum atomic E-state index is -0.0410. The molecule has 0 saturated carbocycles. The van der Waals surface area contributed by atoms with Crippen LogP contribution in [0.1, 0.15) is 80.1 Å². The van der Waals surface area contributed by atoms with Crippen molar-refractivity contribution in [1.82, 2.24) is 0 Å². The number of carbonyl (C=O) groups is 1. The van der Waals surface area contributed by atoms with Crippen LogP contribution in [0.3, 0.4) is 0 Å². The molecule has 0 aromatic rings. The highest BCUT2D eigenvalue weighted by molar-refractivity contribution is 5.69. The van der Waals surface area contributed by atoms with Crippen LogP contribution in [0.2, 0.25) is 0 Å². The third-order valence-electron chi connectivity index (χ3n) is 2.91. The van der Waals surface area contributed by atoms with Crippen molar-refractivity contribution in [2.45, 2.75) is 80.1 Å². The second kappa shape index (κ2) is 7.81. The third kappa shape index (κ3) is 13.5. The Morgan fingerprint density at radius 1 is 0.833 bits per heavy atom. The minimum Gasteiger partial charge on any atom is -0.466 e. The Morgan fingerprint density at radius 2 is 1.39 bits per heavy atom. The Morgan fingerprint density at radius 3 is 1.89 bits per heavy atom. The van der Waals surface area contributed by atoms with Gasteiger partial charge in [0.05, 0.1) is 6.61 Å². The van der Waals surface area contributed by atoms with Crippen LogP contribution in [0.25, 0.3) is 0 Å². The number of unbranched alkanes of at least 4 members (excludes halogenated alkanes) is 2. The zero-order valence-corrected chi connectivity index (χ0v) is 13.3.